The zero-order valence-corrected chi connectivity index (χ0v) is 14.8. The summed E-state index contributed by atoms with van der Waals surface area (Å²) in [4.78, 5) is 46.3. The SMILES string of the molecule is O=C1SC(=Cc2ccc(O)c([N+](=O)[O-])c2)C(=O)N1Cc1ccccc1[N+](=O)[O-]. The summed E-state index contributed by atoms with van der Waals surface area (Å²) in [6.07, 6.45) is 1.29. The van der Waals surface area contributed by atoms with E-state index in [1.165, 1.54) is 30.3 Å². The number of phenols is 1. The molecule has 142 valence electrons. The normalized spacial score (nSPS) is 15.3. The molecule has 0 bridgehead atoms. The van der Waals surface area contributed by atoms with Crippen LogP contribution in [-0.2, 0) is 11.3 Å². The lowest BCUT2D eigenvalue weighted by Gasteiger charge is -2.12. The van der Waals surface area contributed by atoms with Crippen molar-refractivity contribution in [2.24, 2.45) is 0 Å². The van der Waals surface area contributed by atoms with Gasteiger partial charge in [-0.05, 0) is 29.5 Å². The Balaban J connectivity index is 1.88. The van der Waals surface area contributed by atoms with Gasteiger partial charge < -0.3 is 5.11 Å². The maximum absolute atomic E-state index is 12.6. The van der Waals surface area contributed by atoms with Gasteiger partial charge >= 0.3 is 5.69 Å². The minimum Gasteiger partial charge on any atom is -0.502 e. The molecule has 0 unspecified atom stereocenters. The molecule has 1 fully saturated rings. The Morgan fingerprint density at radius 3 is 2.39 bits per heavy atom. The topological polar surface area (TPSA) is 144 Å². The highest BCUT2D eigenvalue weighted by molar-refractivity contribution is 8.18. The lowest BCUT2D eigenvalue weighted by Crippen LogP contribution is -2.27. The van der Waals surface area contributed by atoms with Crippen LogP contribution < -0.4 is 0 Å². The standard InChI is InChI=1S/C17H11N3O7S/c21-14-6-5-10(7-13(14)20(26)27)8-15-16(22)18(17(23)28-15)9-11-3-1-2-4-12(11)19(24)25/h1-8,21H,9H2. The van der Waals surface area contributed by atoms with Crippen LogP contribution in [0.5, 0.6) is 5.75 Å². The number of imide groups is 1. The predicted molar refractivity (Wildman–Crippen MR) is 99.4 cm³/mol. The van der Waals surface area contributed by atoms with Crippen LogP contribution in [0.25, 0.3) is 6.08 Å². The monoisotopic (exact) mass is 401 g/mol. The van der Waals surface area contributed by atoms with Crippen molar-refractivity contribution in [3.05, 3.63) is 78.7 Å². The average Bonchev–Trinajstić information content (AvgIpc) is 2.90. The zero-order chi connectivity index (χ0) is 20.4. The molecule has 11 heteroatoms. The number of aromatic hydroxyl groups is 1. The molecule has 0 saturated carbocycles. The van der Waals surface area contributed by atoms with E-state index in [4.69, 9.17) is 0 Å². The molecular weight excluding hydrogens is 390 g/mol. The number of para-hydroxylation sites is 1. The summed E-state index contributed by atoms with van der Waals surface area (Å²) in [5.74, 6) is -1.18. The van der Waals surface area contributed by atoms with Crippen LogP contribution in [0.3, 0.4) is 0 Å². The summed E-state index contributed by atoms with van der Waals surface area (Å²) < 4.78 is 0. The average molecular weight is 401 g/mol. The van der Waals surface area contributed by atoms with E-state index < -0.39 is 32.4 Å². The van der Waals surface area contributed by atoms with Crippen LogP contribution >= 0.6 is 11.8 Å². The van der Waals surface area contributed by atoms with Gasteiger partial charge in [-0.25, -0.2) is 0 Å². The molecule has 0 aliphatic carbocycles. The molecule has 1 saturated heterocycles. The summed E-state index contributed by atoms with van der Waals surface area (Å²) in [6.45, 7) is -0.269. The van der Waals surface area contributed by atoms with E-state index in [1.807, 2.05) is 0 Å². The number of nitrogens with zero attached hydrogens (tertiary/aromatic N) is 3. The molecule has 1 aliphatic rings. The van der Waals surface area contributed by atoms with Crippen LogP contribution in [0.15, 0.2) is 47.4 Å². The molecule has 3 rings (SSSR count). The van der Waals surface area contributed by atoms with Crippen LogP contribution in [0.1, 0.15) is 11.1 Å². The number of benzene rings is 2. The van der Waals surface area contributed by atoms with Gasteiger partial charge in [0.1, 0.15) is 0 Å². The fraction of sp³-hybridized carbons (Fsp3) is 0.0588. The molecule has 1 heterocycles. The number of carbonyl (C=O) groups excluding carboxylic acids is 2. The number of nitro benzene ring substituents is 2. The first-order valence-electron chi connectivity index (χ1n) is 7.73. The highest BCUT2D eigenvalue weighted by Gasteiger charge is 2.36. The third-order valence-electron chi connectivity index (χ3n) is 3.88. The van der Waals surface area contributed by atoms with Crippen molar-refractivity contribution >= 4 is 40.4 Å². The van der Waals surface area contributed by atoms with Gasteiger partial charge in [-0.1, -0.05) is 24.3 Å². The predicted octanol–water partition coefficient (Wildman–Crippen LogP) is 3.45. The molecule has 1 N–H and O–H groups in total. The van der Waals surface area contributed by atoms with E-state index in [0.29, 0.717) is 11.8 Å². The Morgan fingerprint density at radius 1 is 1.04 bits per heavy atom. The molecule has 28 heavy (non-hydrogen) atoms. The van der Waals surface area contributed by atoms with Crippen molar-refractivity contribution in [1.82, 2.24) is 4.90 Å². The van der Waals surface area contributed by atoms with E-state index >= 15 is 0 Å². The number of carbonyl (C=O) groups is 2. The molecule has 0 radical (unpaired) electrons. The van der Waals surface area contributed by atoms with E-state index in [0.717, 1.165) is 17.0 Å². The highest BCUT2D eigenvalue weighted by Crippen LogP contribution is 2.35. The third kappa shape index (κ3) is 3.69. The molecule has 1 aliphatic heterocycles. The van der Waals surface area contributed by atoms with Gasteiger partial charge in [-0.3, -0.25) is 34.7 Å². The van der Waals surface area contributed by atoms with Gasteiger partial charge in [0, 0.05) is 17.7 Å². The quantitative estimate of drug-likeness (QED) is 0.456. The number of phenolic OH excluding ortho intramolecular Hbond substituents is 1. The third-order valence-corrected chi connectivity index (χ3v) is 4.79. The van der Waals surface area contributed by atoms with Crippen LogP contribution in [-0.4, -0.2) is 31.0 Å². The first-order valence-corrected chi connectivity index (χ1v) is 8.54. The van der Waals surface area contributed by atoms with E-state index in [2.05, 4.69) is 0 Å². The summed E-state index contributed by atoms with van der Waals surface area (Å²) in [7, 11) is 0. The van der Waals surface area contributed by atoms with Crippen molar-refractivity contribution in [2.45, 2.75) is 6.54 Å². The first-order chi connectivity index (χ1) is 13.3. The van der Waals surface area contributed by atoms with Gasteiger partial charge in [0.2, 0.25) is 0 Å². The van der Waals surface area contributed by atoms with Crippen molar-refractivity contribution < 1.29 is 24.5 Å². The van der Waals surface area contributed by atoms with E-state index in [9.17, 15) is 34.9 Å². The fourth-order valence-corrected chi connectivity index (χ4v) is 3.40. The van der Waals surface area contributed by atoms with Crippen LogP contribution in [0.4, 0.5) is 16.2 Å². The number of thioether (sulfide) groups is 1. The van der Waals surface area contributed by atoms with E-state index in [-0.39, 0.29) is 28.3 Å². The minimum atomic E-state index is -0.771. The molecule has 2 aromatic rings. The molecule has 0 aromatic heterocycles. The maximum Gasteiger partial charge on any atom is 0.311 e. The lowest BCUT2D eigenvalue weighted by atomic mass is 10.1. The minimum absolute atomic E-state index is 0.0172. The van der Waals surface area contributed by atoms with Gasteiger partial charge in [0.05, 0.1) is 21.3 Å². The number of hydrogen-bond acceptors (Lipinski definition) is 8. The smallest absolute Gasteiger partial charge is 0.311 e. The lowest BCUT2D eigenvalue weighted by molar-refractivity contribution is -0.386. The second-order valence-corrected chi connectivity index (χ2v) is 6.65. The summed E-state index contributed by atoms with van der Waals surface area (Å²) >= 11 is 0.625. The molecule has 2 amide bonds. The van der Waals surface area contributed by atoms with Gasteiger partial charge in [-0.15, -0.1) is 0 Å². The highest BCUT2D eigenvalue weighted by atomic mass is 32.2. The second-order valence-electron chi connectivity index (χ2n) is 5.66. The van der Waals surface area contributed by atoms with Crippen molar-refractivity contribution in [3.8, 4) is 5.75 Å². The molecule has 2 aromatic carbocycles. The maximum atomic E-state index is 12.6. The molecular formula is C17H11N3O7S. The number of hydrogen-bond donors (Lipinski definition) is 1. The molecule has 0 atom stereocenters. The second kappa shape index (κ2) is 7.48. The van der Waals surface area contributed by atoms with Crippen LogP contribution in [0, 0.1) is 20.2 Å². The van der Waals surface area contributed by atoms with Gasteiger partial charge in [0.15, 0.2) is 5.75 Å². The van der Waals surface area contributed by atoms with Crippen molar-refractivity contribution in [3.63, 3.8) is 0 Å². The van der Waals surface area contributed by atoms with Crippen LogP contribution in [0.2, 0.25) is 0 Å². The molecule has 10 nitrogen and oxygen atoms in total. The molecule has 0 spiro atoms. The Morgan fingerprint density at radius 2 is 1.71 bits per heavy atom. The first kappa shape index (κ1) is 19.0. The largest absolute Gasteiger partial charge is 0.502 e. The zero-order valence-electron chi connectivity index (χ0n) is 14.0. The van der Waals surface area contributed by atoms with Crippen molar-refractivity contribution in [1.29, 1.82) is 0 Å². The van der Waals surface area contributed by atoms with Crippen molar-refractivity contribution in [2.75, 3.05) is 0 Å². The number of amides is 2. The Labute approximate surface area is 161 Å². The number of rotatable bonds is 5. The van der Waals surface area contributed by atoms with Gasteiger partial charge in [-0.2, -0.15) is 0 Å². The fourth-order valence-electron chi connectivity index (χ4n) is 2.56. The Kier molecular flexibility index (Phi) is 5.09. The Hall–Kier alpha value is -3.73. The Bertz CT molecular complexity index is 1050. The summed E-state index contributed by atoms with van der Waals surface area (Å²) in [5.41, 5.74) is -0.287. The van der Waals surface area contributed by atoms with E-state index in [1.54, 1.807) is 6.07 Å². The summed E-state index contributed by atoms with van der Waals surface area (Å²) in [6, 6.07) is 9.32. The van der Waals surface area contributed by atoms with Gasteiger partial charge in [0.25, 0.3) is 16.8 Å². The number of nitro groups is 2. The summed E-state index contributed by atoms with van der Waals surface area (Å²) in [5, 5.41) is 30.9.